The molecule has 6 nitrogen and oxygen atoms in total. The number of carbonyl (C=O) groups is 4. The second-order valence-corrected chi connectivity index (χ2v) is 8.66. The van der Waals surface area contributed by atoms with Crippen LogP contribution in [0.2, 0.25) is 0 Å². The van der Waals surface area contributed by atoms with E-state index in [0.717, 1.165) is 36.3 Å². The van der Waals surface area contributed by atoms with E-state index in [9.17, 15) is 23.6 Å². The molecule has 29 heavy (non-hydrogen) atoms. The molecule has 1 aromatic carbocycles. The van der Waals surface area contributed by atoms with Gasteiger partial charge < -0.3 is 4.74 Å². The zero-order chi connectivity index (χ0) is 20.9. The molecule has 0 N–H and O–H groups in total. The molecule has 1 saturated heterocycles. The molecule has 2 bridgehead atoms. The van der Waals surface area contributed by atoms with E-state index in [-0.39, 0.29) is 47.0 Å². The highest BCUT2D eigenvalue weighted by Crippen LogP contribution is 2.56. The monoisotopic (exact) mass is 401 g/mol. The first kappa shape index (κ1) is 19.7. The zero-order valence-electron chi connectivity index (χ0n) is 16.5. The van der Waals surface area contributed by atoms with Crippen molar-refractivity contribution in [2.24, 2.45) is 29.6 Å². The lowest BCUT2D eigenvalue weighted by atomic mass is 9.81. The summed E-state index contributed by atoms with van der Waals surface area (Å²) in [5, 5.41) is 0. The first-order chi connectivity index (χ1) is 13.8. The summed E-state index contributed by atoms with van der Waals surface area (Å²) in [4.78, 5) is 52.1. The van der Waals surface area contributed by atoms with Crippen molar-refractivity contribution in [2.75, 3.05) is 6.61 Å². The molecule has 0 spiro atoms. The van der Waals surface area contributed by atoms with Crippen molar-refractivity contribution in [3.63, 3.8) is 0 Å². The van der Waals surface area contributed by atoms with Gasteiger partial charge in [0.25, 0.3) is 0 Å². The number of likely N-dealkylation sites (tertiary alicyclic amines) is 1. The first-order valence-corrected chi connectivity index (χ1v) is 10.1. The molecule has 2 aliphatic carbocycles. The van der Waals surface area contributed by atoms with Crippen molar-refractivity contribution in [1.82, 2.24) is 4.90 Å². The number of rotatable bonds is 6. The molecule has 1 aliphatic heterocycles. The van der Waals surface area contributed by atoms with E-state index in [1.165, 1.54) is 12.1 Å². The van der Waals surface area contributed by atoms with Crippen LogP contribution in [0.5, 0.6) is 0 Å². The van der Waals surface area contributed by atoms with Gasteiger partial charge in [-0.05, 0) is 61.3 Å². The van der Waals surface area contributed by atoms with Gasteiger partial charge in [-0.15, -0.1) is 0 Å². The number of nitrogens with zero attached hydrogens (tertiary/aromatic N) is 1. The number of hydrogen-bond donors (Lipinski definition) is 0. The van der Waals surface area contributed by atoms with Gasteiger partial charge in [0.05, 0.1) is 11.8 Å². The number of fused-ring (bicyclic) bond motifs is 5. The minimum atomic E-state index is -1.04. The average Bonchev–Trinajstić information content (AvgIpc) is 3.36. The Morgan fingerprint density at radius 2 is 1.62 bits per heavy atom. The Labute approximate surface area is 168 Å². The second kappa shape index (κ2) is 7.35. The average molecular weight is 401 g/mol. The lowest BCUT2D eigenvalue weighted by molar-refractivity contribution is -0.160. The largest absolute Gasteiger partial charge is 0.456 e. The Hall–Kier alpha value is -2.57. The van der Waals surface area contributed by atoms with Crippen LogP contribution in [0.15, 0.2) is 24.3 Å². The van der Waals surface area contributed by atoms with Gasteiger partial charge >= 0.3 is 5.97 Å². The summed E-state index contributed by atoms with van der Waals surface area (Å²) in [5.74, 6) is -2.74. The number of amides is 2. The number of Topliss-reactive ketones (excluding diaryl/α,β-unsaturated/α-hetero) is 1. The van der Waals surface area contributed by atoms with Gasteiger partial charge in [-0.3, -0.25) is 19.3 Å². The summed E-state index contributed by atoms with van der Waals surface area (Å²) >= 11 is 0. The second-order valence-electron chi connectivity index (χ2n) is 8.66. The van der Waals surface area contributed by atoms with Gasteiger partial charge in [-0.25, -0.2) is 9.18 Å². The summed E-state index contributed by atoms with van der Waals surface area (Å²) in [6, 6.07) is 3.90. The summed E-state index contributed by atoms with van der Waals surface area (Å²) in [5.41, 5.74) is 0.222. The number of esters is 1. The minimum Gasteiger partial charge on any atom is -0.456 e. The topological polar surface area (TPSA) is 80.8 Å². The molecule has 0 radical (unpaired) electrons. The molecule has 1 aromatic rings. The Morgan fingerprint density at radius 3 is 2.14 bits per heavy atom. The molecule has 0 aromatic heterocycles. The van der Waals surface area contributed by atoms with E-state index < -0.39 is 30.2 Å². The molecule has 3 aliphatic rings. The molecule has 0 unspecified atom stereocenters. The molecule has 2 amide bonds. The van der Waals surface area contributed by atoms with Gasteiger partial charge in [0.1, 0.15) is 11.9 Å². The molecule has 7 heteroatoms. The summed E-state index contributed by atoms with van der Waals surface area (Å²) < 4.78 is 18.2. The van der Waals surface area contributed by atoms with Gasteiger partial charge in [0, 0.05) is 5.56 Å². The Balaban J connectivity index is 1.47. The standard InChI is InChI=1S/C22H24FNO5/c1-11(2)19(22(28)29-10-16(25)12-5-7-15(23)8-6-12)24-20(26)17-13-3-4-14(9-13)18(17)21(24)27/h5-8,11,13-14,17-19H,3-4,9-10H2,1-2H3/t13-,14+,17-,18-,19-/m0/s1. The number of benzene rings is 1. The number of halogens is 1. The van der Waals surface area contributed by atoms with E-state index in [1.54, 1.807) is 13.8 Å². The van der Waals surface area contributed by atoms with E-state index in [0.29, 0.717) is 0 Å². The van der Waals surface area contributed by atoms with E-state index in [1.807, 2.05) is 0 Å². The first-order valence-electron chi connectivity index (χ1n) is 10.1. The summed E-state index contributed by atoms with van der Waals surface area (Å²) in [6.45, 7) is 2.97. The van der Waals surface area contributed by atoms with Gasteiger partial charge in [0.15, 0.2) is 12.4 Å². The number of carbonyl (C=O) groups excluding carboxylic acids is 4. The quantitative estimate of drug-likeness (QED) is 0.416. The number of ketones is 1. The Bertz CT molecular complexity index is 836. The summed E-state index contributed by atoms with van der Waals surface area (Å²) in [7, 11) is 0. The van der Waals surface area contributed by atoms with Crippen LogP contribution in [0.4, 0.5) is 4.39 Å². The van der Waals surface area contributed by atoms with Gasteiger partial charge in [-0.1, -0.05) is 13.8 Å². The highest BCUT2D eigenvalue weighted by molar-refractivity contribution is 6.09. The van der Waals surface area contributed by atoms with Crippen LogP contribution in [0.3, 0.4) is 0 Å². The highest BCUT2D eigenvalue weighted by atomic mass is 19.1. The fourth-order valence-electron chi connectivity index (χ4n) is 5.32. The predicted octanol–water partition coefficient (Wildman–Crippen LogP) is 2.61. The molecule has 4 rings (SSSR count). The van der Waals surface area contributed by atoms with Gasteiger partial charge in [-0.2, -0.15) is 0 Å². The highest BCUT2D eigenvalue weighted by Gasteiger charge is 2.62. The van der Waals surface area contributed by atoms with Crippen molar-refractivity contribution in [2.45, 2.75) is 39.2 Å². The number of ether oxygens (including phenoxy) is 1. The van der Waals surface area contributed by atoms with Crippen LogP contribution in [0, 0.1) is 35.4 Å². The third kappa shape index (κ3) is 3.26. The lowest BCUT2D eigenvalue weighted by Gasteiger charge is -2.28. The fraction of sp³-hybridized carbons (Fsp3) is 0.545. The third-order valence-corrected chi connectivity index (χ3v) is 6.62. The number of imide groups is 1. The third-order valence-electron chi connectivity index (χ3n) is 6.62. The van der Waals surface area contributed by atoms with E-state index in [2.05, 4.69) is 0 Å². The van der Waals surface area contributed by atoms with Crippen molar-refractivity contribution in [1.29, 1.82) is 0 Å². The zero-order valence-corrected chi connectivity index (χ0v) is 16.5. The van der Waals surface area contributed by atoms with Gasteiger partial charge in [0.2, 0.25) is 11.8 Å². The maximum absolute atomic E-state index is 13.0. The molecule has 2 saturated carbocycles. The van der Waals surface area contributed by atoms with Crippen LogP contribution in [-0.4, -0.2) is 41.1 Å². The van der Waals surface area contributed by atoms with Crippen LogP contribution in [0.25, 0.3) is 0 Å². The molecule has 5 atom stereocenters. The number of hydrogen-bond acceptors (Lipinski definition) is 5. The van der Waals surface area contributed by atoms with Crippen LogP contribution in [0.1, 0.15) is 43.5 Å². The van der Waals surface area contributed by atoms with Crippen LogP contribution >= 0.6 is 0 Å². The summed E-state index contributed by atoms with van der Waals surface area (Å²) in [6.07, 6.45) is 2.84. The van der Waals surface area contributed by atoms with Crippen LogP contribution < -0.4 is 0 Å². The van der Waals surface area contributed by atoms with Crippen molar-refractivity contribution < 1.29 is 28.3 Å². The maximum atomic E-state index is 13.0. The van der Waals surface area contributed by atoms with Crippen molar-refractivity contribution in [3.05, 3.63) is 35.6 Å². The molecule has 3 fully saturated rings. The Morgan fingerprint density at radius 1 is 1.07 bits per heavy atom. The molecule has 1 heterocycles. The van der Waals surface area contributed by atoms with Crippen molar-refractivity contribution in [3.8, 4) is 0 Å². The van der Waals surface area contributed by atoms with Crippen molar-refractivity contribution >= 4 is 23.6 Å². The predicted molar refractivity (Wildman–Crippen MR) is 100.0 cm³/mol. The molecular formula is C22H24FNO5. The van der Waals surface area contributed by atoms with E-state index >= 15 is 0 Å². The molecular weight excluding hydrogens is 377 g/mol. The SMILES string of the molecule is CC(C)[C@@H](C(=O)OCC(=O)c1ccc(F)cc1)N1C(=O)[C@H]2[C@@H]3CC[C@@H](C3)[C@@H]2C1=O. The normalized spacial score (nSPS) is 28.8. The fourth-order valence-corrected chi connectivity index (χ4v) is 5.32. The maximum Gasteiger partial charge on any atom is 0.330 e. The minimum absolute atomic E-state index is 0.222. The molecule has 154 valence electrons. The lowest BCUT2D eigenvalue weighted by Crippen LogP contribution is -2.50. The smallest absolute Gasteiger partial charge is 0.330 e. The van der Waals surface area contributed by atoms with Crippen LogP contribution in [-0.2, 0) is 19.1 Å². The Kier molecular flexibility index (Phi) is 5.00. The van der Waals surface area contributed by atoms with E-state index in [4.69, 9.17) is 4.74 Å².